The molecule has 1 unspecified atom stereocenters. The fourth-order valence-electron chi connectivity index (χ4n) is 4.04. The van der Waals surface area contributed by atoms with Crippen molar-refractivity contribution in [3.05, 3.63) is 58.8 Å². The Morgan fingerprint density at radius 2 is 1.73 bits per heavy atom. The Morgan fingerprint density at radius 1 is 1.00 bits per heavy atom. The zero-order valence-electron chi connectivity index (χ0n) is 15.8. The van der Waals surface area contributed by atoms with Gasteiger partial charge in [0.25, 0.3) is 0 Å². The number of aromatic nitrogens is 1. The number of benzene rings is 2. The smallest absolute Gasteiger partial charge is 0.119 e. The Hall–Kier alpha value is -2.46. The summed E-state index contributed by atoms with van der Waals surface area (Å²) in [6, 6.07) is 12.9. The van der Waals surface area contributed by atoms with Gasteiger partial charge in [0.2, 0.25) is 0 Å². The maximum absolute atomic E-state index is 5.45. The number of nitrogens with one attached hydrogen (secondary N) is 2. The van der Waals surface area contributed by atoms with Gasteiger partial charge in [-0.1, -0.05) is 19.9 Å². The van der Waals surface area contributed by atoms with Crippen LogP contribution in [-0.4, -0.2) is 25.7 Å². The highest BCUT2D eigenvalue weighted by atomic mass is 16.5. The summed E-state index contributed by atoms with van der Waals surface area (Å²) in [4.78, 5) is 3.66. The monoisotopic (exact) mass is 350 g/mol. The lowest BCUT2D eigenvalue weighted by Gasteiger charge is -2.28. The second-order valence-electron chi connectivity index (χ2n) is 7.22. The van der Waals surface area contributed by atoms with Gasteiger partial charge in [-0.05, 0) is 59.4 Å². The van der Waals surface area contributed by atoms with E-state index < -0.39 is 0 Å². The number of hydrogen-bond donors (Lipinski definition) is 2. The molecule has 0 radical (unpaired) electrons. The molecule has 3 aromatic rings. The lowest BCUT2D eigenvalue weighted by Crippen LogP contribution is -2.31. The molecule has 1 aliphatic rings. The number of H-pyrrole nitrogens is 1. The van der Waals surface area contributed by atoms with Gasteiger partial charge in [0.05, 0.1) is 20.3 Å². The van der Waals surface area contributed by atoms with Crippen molar-refractivity contribution in [3.63, 3.8) is 0 Å². The fourth-order valence-corrected chi connectivity index (χ4v) is 4.04. The number of hydrogen-bond acceptors (Lipinski definition) is 3. The molecule has 4 heteroatoms. The average Bonchev–Trinajstić information content (AvgIpc) is 3.05. The summed E-state index contributed by atoms with van der Waals surface area (Å²) in [5.74, 6) is 2.24. The highest BCUT2D eigenvalue weighted by molar-refractivity contribution is 5.86. The molecule has 0 saturated heterocycles. The summed E-state index contributed by atoms with van der Waals surface area (Å²) in [7, 11) is 3.44. The van der Waals surface area contributed by atoms with E-state index in [-0.39, 0.29) is 6.04 Å². The Kier molecular flexibility index (Phi) is 4.37. The van der Waals surface area contributed by atoms with E-state index in [1.54, 1.807) is 14.2 Å². The molecule has 0 aliphatic carbocycles. The van der Waals surface area contributed by atoms with E-state index in [2.05, 4.69) is 54.5 Å². The van der Waals surface area contributed by atoms with Crippen molar-refractivity contribution in [2.75, 3.05) is 20.8 Å². The number of fused-ring (bicyclic) bond motifs is 3. The van der Waals surface area contributed by atoms with Gasteiger partial charge in [-0.15, -0.1) is 0 Å². The predicted octanol–water partition coefficient (Wildman–Crippen LogP) is 4.54. The molecule has 4 rings (SSSR count). The molecule has 26 heavy (non-hydrogen) atoms. The first-order valence-electron chi connectivity index (χ1n) is 9.22. The molecule has 2 N–H and O–H groups in total. The van der Waals surface area contributed by atoms with Crippen LogP contribution in [0.1, 0.15) is 48.2 Å². The molecule has 0 fully saturated rings. The SMILES string of the molecule is COc1ccc(C2NCCc3c2[nH]c2ccc(OC)cc32)c(C(C)C)c1. The molecule has 2 aromatic carbocycles. The van der Waals surface area contributed by atoms with Gasteiger partial charge < -0.3 is 19.8 Å². The normalized spacial score (nSPS) is 16.7. The van der Waals surface area contributed by atoms with Crippen molar-refractivity contribution in [1.29, 1.82) is 0 Å². The summed E-state index contributed by atoms with van der Waals surface area (Å²) in [6.45, 7) is 5.43. The van der Waals surface area contributed by atoms with Crippen molar-refractivity contribution < 1.29 is 9.47 Å². The van der Waals surface area contributed by atoms with Gasteiger partial charge in [-0.3, -0.25) is 0 Å². The molecule has 4 nitrogen and oxygen atoms in total. The maximum atomic E-state index is 5.45. The summed E-state index contributed by atoms with van der Waals surface area (Å²) in [5, 5.41) is 4.98. The van der Waals surface area contributed by atoms with E-state index in [1.807, 2.05) is 6.07 Å². The van der Waals surface area contributed by atoms with E-state index in [1.165, 1.54) is 33.3 Å². The van der Waals surface area contributed by atoms with E-state index in [4.69, 9.17) is 9.47 Å². The summed E-state index contributed by atoms with van der Waals surface area (Å²) in [6.07, 6.45) is 1.02. The number of ether oxygens (including phenoxy) is 2. The van der Waals surface area contributed by atoms with Crippen LogP contribution in [0.5, 0.6) is 11.5 Å². The topological polar surface area (TPSA) is 46.3 Å². The minimum Gasteiger partial charge on any atom is -0.497 e. The van der Waals surface area contributed by atoms with Gasteiger partial charge in [0, 0.05) is 23.1 Å². The highest BCUT2D eigenvalue weighted by Gasteiger charge is 2.27. The van der Waals surface area contributed by atoms with Crippen LogP contribution >= 0.6 is 0 Å². The highest BCUT2D eigenvalue weighted by Crippen LogP contribution is 2.38. The van der Waals surface area contributed by atoms with Gasteiger partial charge >= 0.3 is 0 Å². The van der Waals surface area contributed by atoms with Crippen LogP contribution in [0.25, 0.3) is 10.9 Å². The predicted molar refractivity (Wildman–Crippen MR) is 105 cm³/mol. The summed E-state index contributed by atoms with van der Waals surface area (Å²) >= 11 is 0. The molecule has 0 spiro atoms. The van der Waals surface area contributed by atoms with Crippen LogP contribution < -0.4 is 14.8 Å². The molecule has 2 heterocycles. The van der Waals surface area contributed by atoms with E-state index >= 15 is 0 Å². The minimum atomic E-state index is 0.167. The van der Waals surface area contributed by atoms with Crippen molar-refractivity contribution in [2.24, 2.45) is 0 Å². The zero-order chi connectivity index (χ0) is 18.3. The third-order valence-corrected chi connectivity index (χ3v) is 5.39. The van der Waals surface area contributed by atoms with Crippen molar-refractivity contribution in [3.8, 4) is 11.5 Å². The largest absolute Gasteiger partial charge is 0.497 e. The molecule has 0 saturated carbocycles. The lowest BCUT2D eigenvalue weighted by molar-refractivity contribution is 0.413. The second kappa shape index (κ2) is 6.69. The van der Waals surface area contributed by atoms with Crippen LogP contribution in [0.2, 0.25) is 0 Å². The first-order valence-corrected chi connectivity index (χ1v) is 9.22. The zero-order valence-corrected chi connectivity index (χ0v) is 15.8. The molecule has 0 bridgehead atoms. The van der Waals surface area contributed by atoms with E-state index in [0.717, 1.165) is 24.5 Å². The number of methoxy groups -OCH3 is 2. The van der Waals surface area contributed by atoms with Crippen molar-refractivity contribution in [1.82, 2.24) is 10.3 Å². The van der Waals surface area contributed by atoms with Crippen LogP contribution in [0, 0.1) is 0 Å². The first kappa shape index (κ1) is 17.0. The Balaban J connectivity index is 1.86. The van der Waals surface area contributed by atoms with E-state index in [0.29, 0.717) is 5.92 Å². The first-order chi connectivity index (χ1) is 12.6. The molecular weight excluding hydrogens is 324 g/mol. The molecule has 1 aromatic heterocycles. The second-order valence-corrected chi connectivity index (χ2v) is 7.22. The average molecular weight is 350 g/mol. The Morgan fingerprint density at radius 3 is 2.46 bits per heavy atom. The molecule has 136 valence electrons. The molecule has 1 aliphatic heterocycles. The van der Waals surface area contributed by atoms with Gasteiger partial charge in [0.1, 0.15) is 11.5 Å². The number of aromatic amines is 1. The van der Waals surface area contributed by atoms with Crippen LogP contribution in [-0.2, 0) is 6.42 Å². The van der Waals surface area contributed by atoms with Crippen molar-refractivity contribution >= 4 is 10.9 Å². The quantitative estimate of drug-likeness (QED) is 0.726. The molecule has 0 amide bonds. The fraction of sp³-hybridized carbons (Fsp3) is 0.364. The van der Waals surface area contributed by atoms with Crippen LogP contribution in [0.3, 0.4) is 0 Å². The Bertz CT molecular complexity index is 943. The summed E-state index contributed by atoms with van der Waals surface area (Å²) < 4.78 is 10.9. The lowest BCUT2D eigenvalue weighted by atomic mass is 9.87. The standard InChI is InChI=1S/C22H26N2O2/c1-13(2)18-11-14(25-3)5-7-16(18)21-22-17(9-10-23-21)19-12-15(26-4)6-8-20(19)24-22/h5-8,11-13,21,23-24H,9-10H2,1-4H3. The molecule has 1 atom stereocenters. The van der Waals surface area contributed by atoms with E-state index in [9.17, 15) is 0 Å². The minimum absolute atomic E-state index is 0.167. The summed E-state index contributed by atoms with van der Waals surface area (Å²) in [5.41, 5.74) is 6.48. The maximum Gasteiger partial charge on any atom is 0.119 e. The molecular formula is C22H26N2O2. The van der Waals surface area contributed by atoms with Crippen molar-refractivity contribution in [2.45, 2.75) is 32.2 Å². The van der Waals surface area contributed by atoms with Crippen LogP contribution in [0.4, 0.5) is 0 Å². The Labute approximate surface area is 154 Å². The number of rotatable bonds is 4. The van der Waals surface area contributed by atoms with Gasteiger partial charge in [-0.25, -0.2) is 0 Å². The van der Waals surface area contributed by atoms with Gasteiger partial charge in [0.15, 0.2) is 0 Å². The third-order valence-electron chi connectivity index (χ3n) is 5.39. The van der Waals surface area contributed by atoms with Crippen LogP contribution in [0.15, 0.2) is 36.4 Å². The van der Waals surface area contributed by atoms with Gasteiger partial charge in [-0.2, -0.15) is 0 Å². The third kappa shape index (κ3) is 2.74.